The minimum absolute atomic E-state index is 0.0105. The summed E-state index contributed by atoms with van der Waals surface area (Å²) in [6, 6.07) is 3.55. The molecule has 2 aliphatic heterocycles. The van der Waals surface area contributed by atoms with E-state index >= 15 is 0 Å². The lowest BCUT2D eigenvalue weighted by Crippen LogP contribution is -2.53. The number of anilines is 1. The topological polar surface area (TPSA) is 96.4 Å². The summed E-state index contributed by atoms with van der Waals surface area (Å²) in [6.07, 6.45) is 1.43. The number of carbonyl (C=O) groups excluding carboxylic acids is 3. The Balaban J connectivity index is 1.81. The maximum Gasteiger partial charge on any atom is 0.410 e. The van der Waals surface area contributed by atoms with Crippen molar-refractivity contribution in [2.75, 3.05) is 31.1 Å². The molecule has 1 fully saturated rings. The Morgan fingerprint density at radius 1 is 1.25 bits per heavy atom. The maximum atomic E-state index is 13.0. The number of piperidine rings is 1. The molecule has 1 N–H and O–H groups in total. The van der Waals surface area contributed by atoms with Crippen LogP contribution in [-0.4, -0.2) is 65.2 Å². The first-order valence-corrected chi connectivity index (χ1v) is 11.2. The molecule has 32 heavy (non-hydrogen) atoms. The number of benzene rings is 1. The SMILES string of the molecule is CC(=O)N(CCCO)c1cc2c(cc1C)C(=O)CC1(CCN(C(=O)OC(C)(C)C)CC1)O2. The Morgan fingerprint density at radius 2 is 1.91 bits per heavy atom. The molecule has 176 valence electrons. The summed E-state index contributed by atoms with van der Waals surface area (Å²) < 4.78 is 11.9. The number of aryl methyl sites for hydroxylation is 1. The van der Waals surface area contributed by atoms with E-state index in [0.717, 1.165) is 5.56 Å². The zero-order chi connectivity index (χ0) is 23.7. The molecule has 0 atom stereocenters. The average Bonchev–Trinajstić information content (AvgIpc) is 2.68. The zero-order valence-corrected chi connectivity index (χ0v) is 19.7. The van der Waals surface area contributed by atoms with E-state index in [2.05, 4.69) is 0 Å². The van der Waals surface area contributed by atoms with Gasteiger partial charge in [0, 0.05) is 52.1 Å². The molecule has 0 aliphatic carbocycles. The second kappa shape index (κ2) is 9.10. The molecule has 0 saturated carbocycles. The van der Waals surface area contributed by atoms with Crippen molar-refractivity contribution in [3.8, 4) is 5.75 Å². The standard InChI is InChI=1S/C24H34N2O6/c1-16-13-18-20(29)15-24(7-10-25(11-8-24)22(30)32-23(3,4)5)31-21(18)14-19(16)26(17(2)28)9-6-12-27/h13-14,27H,6-12,15H2,1-5H3. The lowest BCUT2D eigenvalue weighted by molar-refractivity contribution is -0.116. The Morgan fingerprint density at radius 3 is 2.47 bits per heavy atom. The number of carbonyl (C=O) groups is 3. The van der Waals surface area contributed by atoms with Gasteiger partial charge in [-0.05, 0) is 45.7 Å². The van der Waals surface area contributed by atoms with Crippen LogP contribution in [0.15, 0.2) is 12.1 Å². The van der Waals surface area contributed by atoms with Crippen LogP contribution in [0, 0.1) is 6.92 Å². The fourth-order valence-electron chi connectivity index (χ4n) is 4.31. The molecule has 8 heteroatoms. The fraction of sp³-hybridized carbons (Fsp3) is 0.625. The number of aliphatic hydroxyl groups excluding tert-OH is 1. The van der Waals surface area contributed by atoms with Gasteiger partial charge in [0.1, 0.15) is 17.0 Å². The van der Waals surface area contributed by atoms with Gasteiger partial charge in [-0.1, -0.05) is 0 Å². The van der Waals surface area contributed by atoms with Crippen LogP contribution in [-0.2, 0) is 9.53 Å². The van der Waals surface area contributed by atoms with Crippen LogP contribution in [0.5, 0.6) is 5.75 Å². The molecule has 0 bridgehead atoms. The third kappa shape index (κ3) is 5.23. The van der Waals surface area contributed by atoms with E-state index in [4.69, 9.17) is 9.47 Å². The van der Waals surface area contributed by atoms with Crippen LogP contribution in [0.25, 0.3) is 0 Å². The molecule has 8 nitrogen and oxygen atoms in total. The highest BCUT2D eigenvalue weighted by atomic mass is 16.6. The van der Waals surface area contributed by atoms with Crippen LogP contribution < -0.4 is 9.64 Å². The maximum absolute atomic E-state index is 13.0. The number of Topliss-reactive ketones (excluding diaryl/α,β-unsaturated/α-hetero) is 1. The van der Waals surface area contributed by atoms with E-state index in [0.29, 0.717) is 55.9 Å². The van der Waals surface area contributed by atoms with Gasteiger partial charge in [0.2, 0.25) is 5.91 Å². The molecule has 2 heterocycles. The van der Waals surface area contributed by atoms with Gasteiger partial charge in [0.05, 0.1) is 17.7 Å². The van der Waals surface area contributed by atoms with Gasteiger partial charge in [0.25, 0.3) is 0 Å². The Kier molecular flexibility index (Phi) is 6.83. The first kappa shape index (κ1) is 24.0. The zero-order valence-electron chi connectivity index (χ0n) is 19.7. The molecule has 2 aliphatic rings. The number of likely N-dealkylation sites (tertiary alicyclic amines) is 1. The summed E-state index contributed by atoms with van der Waals surface area (Å²) in [5, 5.41) is 9.18. The van der Waals surface area contributed by atoms with Gasteiger partial charge in [-0.3, -0.25) is 9.59 Å². The number of nitrogens with zero attached hydrogens (tertiary/aromatic N) is 2. The summed E-state index contributed by atoms with van der Waals surface area (Å²) in [6.45, 7) is 10.1. The summed E-state index contributed by atoms with van der Waals surface area (Å²) in [5.41, 5.74) is 0.791. The van der Waals surface area contributed by atoms with Gasteiger partial charge in [-0.2, -0.15) is 0 Å². The molecule has 1 aromatic carbocycles. The van der Waals surface area contributed by atoms with Crippen molar-refractivity contribution in [1.29, 1.82) is 0 Å². The summed E-state index contributed by atoms with van der Waals surface area (Å²) in [4.78, 5) is 40.9. The van der Waals surface area contributed by atoms with Gasteiger partial charge < -0.3 is 24.4 Å². The van der Waals surface area contributed by atoms with Crippen molar-refractivity contribution in [3.05, 3.63) is 23.3 Å². The highest BCUT2D eigenvalue weighted by molar-refractivity contribution is 6.02. The van der Waals surface area contributed by atoms with Crippen molar-refractivity contribution >= 4 is 23.5 Å². The van der Waals surface area contributed by atoms with Crippen molar-refractivity contribution in [2.45, 2.75) is 71.5 Å². The molecule has 0 radical (unpaired) electrons. The minimum Gasteiger partial charge on any atom is -0.486 e. The summed E-state index contributed by atoms with van der Waals surface area (Å²) >= 11 is 0. The van der Waals surface area contributed by atoms with E-state index in [1.54, 1.807) is 21.9 Å². The second-order valence-electron chi connectivity index (χ2n) is 9.74. The highest BCUT2D eigenvalue weighted by Crippen LogP contribution is 2.42. The van der Waals surface area contributed by atoms with Gasteiger partial charge in [-0.25, -0.2) is 4.79 Å². The van der Waals surface area contributed by atoms with Crippen LogP contribution in [0.1, 0.15) is 69.3 Å². The van der Waals surface area contributed by atoms with Crippen LogP contribution in [0.2, 0.25) is 0 Å². The normalized spacial score (nSPS) is 17.6. The molecule has 0 aromatic heterocycles. The third-order valence-electron chi connectivity index (χ3n) is 5.94. The van der Waals surface area contributed by atoms with Crippen molar-refractivity contribution < 1.29 is 29.0 Å². The largest absolute Gasteiger partial charge is 0.486 e. The number of rotatable bonds is 4. The first-order valence-electron chi connectivity index (χ1n) is 11.2. The molecular weight excluding hydrogens is 412 g/mol. The van der Waals surface area contributed by atoms with E-state index in [1.165, 1.54) is 6.92 Å². The van der Waals surface area contributed by atoms with Gasteiger partial charge in [-0.15, -0.1) is 0 Å². The molecule has 2 amide bonds. The number of fused-ring (bicyclic) bond motifs is 1. The summed E-state index contributed by atoms with van der Waals surface area (Å²) in [5.74, 6) is 0.350. The predicted octanol–water partition coefficient (Wildman–Crippen LogP) is 3.47. The number of amides is 2. The number of ketones is 1. The third-order valence-corrected chi connectivity index (χ3v) is 5.94. The summed E-state index contributed by atoms with van der Waals surface area (Å²) in [7, 11) is 0. The molecular formula is C24H34N2O6. The molecule has 1 spiro atoms. The smallest absolute Gasteiger partial charge is 0.410 e. The number of hydrogen-bond donors (Lipinski definition) is 1. The molecule has 1 aromatic rings. The van der Waals surface area contributed by atoms with E-state index in [9.17, 15) is 19.5 Å². The van der Waals surface area contributed by atoms with Crippen LogP contribution in [0.4, 0.5) is 10.5 Å². The van der Waals surface area contributed by atoms with Crippen LogP contribution in [0.3, 0.4) is 0 Å². The van der Waals surface area contributed by atoms with Crippen LogP contribution >= 0.6 is 0 Å². The van der Waals surface area contributed by atoms with E-state index in [-0.39, 0.29) is 30.8 Å². The Hall–Kier alpha value is -2.61. The first-order chi connectivity index (χ1) is 14.9. The quantitative estimate of drug-likeness (QED) is 0.761. The highest BCUT2D eigenvalue weighted by Gasteiger charge is 2.44. The van der Waals surface area contributed by atoms with E-state index < -0.39 is 11.2 Å². The predicted molar refractivity (Wildman–Crippen MR) is 120 cm³/mol. The van der Waals surface area contributed by atoms with Crippen molar-refractivity contribution in [2.24, 2.45) is 0 Å². The van der Waals surface area contributed by atoms with Gasteiger partial charge >= 0.3 is 6.09 Å². The average molecular weight is 447 g/mol. The molecule has 3 rings (SSSR count). The minimum atomic E-state index is -0.665. The van der Waals surface area contributed by atoms with Crippen molar-refractivity contribution in [3.63, 3.8) is 0 Å². The number of ether oxygens (including phenoxy) is 2. The monoisotopic (exact) mass is 446 g/mol. The lowest BCUT2D eigenvalue weighted by atomic mass is 9.82. The fourth-order valence-corrected chi connectivity index (χ4v) is 4.31. The Labute approximate surface area is 189 Å². The number of aliphatic hydroxyl groups is 1. The van der Waals surface area contributed by atoms with E-state index in [1.807, 2.05) is 27.7 Å². The lowest BCUT2D eigenvalue weighted by Gasteiger charge is -2.44. The second-order valence-corrected chi connectivity index (χ2v) is 9.74. The molecule has 1 saturated heterocycles. The number of hydrogen-bond acceptors (Lipinski definition) is 6. The Bertz CT molecular complexity index is 896. The van der Waals surface area contributed by atoms with Gasteiger partial charge in [0.15, 0.2) is 5.78 Å². The molecule has 0 unspecified atom stereocenters. The van der Waals surface area contributed by atoms with Crippen molar-refractivity contribution in [1.82, 2.24) is 4.90 Å².